The van der Waals surface area contributed by atoms with E-state index in [2.05, 4.69) is 15.3 Å². The van der Waals surface area contributed by atoms with Gasteiger partial charge in [0, 0.05) is 40.4 Å². The van der Waals surface area contributed by atoms with Crippen molar-refractivity contribution in [2.24, 2.45) is 0 Å². The number of benzene rings is 2. The Morgan fingerprint density at radius 1 is 0.931 bits per heavy atom. The lowest BCUT2D eigenvalue weighted by Crippen LogP contribution is -2.16. The first kappa shape index (κ1) is 18.9. The molecule has 0 fully saturated rings. The highest BCUT2D eigenvalue weighted by molar-refractivity contribution is 7.90. The number of pyridine rings is 1. The van der Waals surface area contributed by atoms with Crippen LogP contribution in [0.2, 0.25) is 0 Å². The van der Waals surface area contributed by atoms with Crippen molar-refractivity contribution in [1.82, 2.24) is 14.5 Å². The summed E-state index contributed by atoms with van der Waals surface area (Å²) in [6.07, 6.45) is 5.01. The Morgan fingerprint density at radius 2 is 1.69 bits per heavy atom. The van der Waals surface area contributed by atoms with Crippen molar-refractivity contribution >= 4 is 22.8 Å². The lowest BCUT2D eigenvalue weighted by molar-refractivity contribution is 0.102. The highest BCUT2D eigenvalue weighted by atomic mass is 32.2. The van der Waals surface area contributed by atoms with Crippen LogP contribution < -0.4 is 5.32 Å². The largest absolute Gasteiger partial charge is 0.609 e. The third-order valence-corrected chi connectivity index (χ3v) is 5.58. The van der Waals surface area contributed by atoms with Crippen LogP contribution in [0.25, 0.3) is 5.82 Å². The zero-order valence-corrected chi connectivity index (χ0v) is 16.3. The van der Waals surface area contributed by atoms with Crippen molar-refractivity contribution in [3.05, 3.63) is 103 Å². The zero-order valence-electron chi connectivity index (χ0n) is 15.4. The van der Waals surface area contributed by atoms with Gasteiger partial charge in [-0.25, -0.2) is 9.55 Å². The van der Waals surface area contributed by atoms with Crippen LogP contribution in [0.15, 0.2) is 96.5 Å². The molecule has 1 amide bonds. The van der Waals surface area contributed by atoms with Gasteiger partial charge in [-0.15, -0.1) is 0 Å². The number of aromatic nitrogens is 3. The first-order valence-electron chi connectivity index (χ1n) is 9.00. The second kappa shape index (κ2) is 8.72. The van der Waals surface area contributed by atoms with Gasteiger partial charge in [0.2, 0.25) is 0 Å². The summed E-state index contributed by atoms with van der Waals surface area (Å²) in [4.78, 5) is 21.1. The first-order valence-corrected chi connectivity index (χ1v) is 10.3. The van der Waals surface area contributed by atoms with E-state index in [1.807, 2.05) is 54.6 Å². The molecule has 4 aromatic rings. The summed E-state index contributed by atoms with van der Waals surface area (Å²) in [5.74, 6) is 0.660. The van der Waals surface area contributed by atoms with Crippen LogP contribution in [0.5, 0.6) is 0 Å². The Bertz CT molecular complexity index is 1100. The second-order valence-corrected chi connectivity index (χ2v) is 7.58. The number of rotatable bonds is 6. The fourth-order valence-electron chi connectivity index (χ4n) is 2.89. The number of hydrogen-bond acceptors (Lipinski definition) is 4. The minimum absolute atomic E-state index is 0.209. The maximum absolute atomic E-state index is 13.1. The Balaban J connectivity index is 1.55. The van der Waals surface area contributed by atoms with E-state index in [0.29, 0.717) is 22.2 Å². The molecule has 1 unspecified atom stereocenters. The number of imidazole rings is 1. The first-order chi connectivity index (χ1) is 14.2. The lowest BCUT2D eigenvalue weighted by atomic mass is 10.1. The standard InChI is InChI=1S/C22H18N4O2S/c27-21(17-8-2-1-3-9-17)25-19-11-5-4-10-18(19)16-29(28)22-24-14-15-26(22)20-12-6-7-13-23-20/h1-15H,16H2,(H,25,27). The van der Waals surface area contributed by atoms with Crippen molar-refractivity contribution in [3.8, 4) is 5.82 Å². The van der Waals surface area contributed by atoms with E-state index in [1.54, 1.807) is 41.4 Å². The molecule has 144 valence electrons. The summed E-state index contributed by atoms with van der Waals surface area (Å²) in [5.41, 5.74) is 1.96. The molecule has 1 atom stereocenters. The molecule has 2 aromatic carbocycles. The van der Waals surface area contributed by atoms with Crippen LogP contribution in [-0.2, 0) is 16.9 Å². The van der Waals surface area contributed by atoms with E-state index in [0.717, 1.165) is 5.56 Å². The van der Waals surface area contributed by atoms with E-state index in [-0.39, 0.29) is 11.7 Å². The lowest BCUT2D eigenvalue weighted by Gasteiger charge is -2.14. The third-order valence-electron chi connectivity index (χ3n) is 4.29. The highest BCUT2D eigenvalue weighted by Crippen LogP contribution is 2.23. The van der Waals surface area contributed by atoms with Gasteiger partial charge in [0.1, 0.15) is 11.6 Å². The Hall–Kier alpha value is -3.42. The van der Waals surface area contributed by atoms with Crippen LogP contribution in [-0.4, -0.2) is 25.0 Å². The number of nitrogens with one attached hydrogen (secondary N) is 1. The van der Waals surface area contributed by atoms with Gasteiger partial charge >= 0.3 is 5.16 Å². The summed E-state index contributed by atoms with van der Waals surface area (Å²) >= 11 is -1.42. The van der Waals surface area contributed by atoms with Crippen LogP contribution in [0.1, 0.15) is 15.9 Å². The number of anilines is 1. The fourth-order valence-corrected chi connectivity index (χ4v) is 4.10. The van der Waals surface area contributed by atoms with E-state index in [4.69, 9.17) is 0 Å². The number of amides is 1. The van der Waals surface area contributed by atoms with Gasteiger partial charge in [0.05, 0.1) is 6.20 Å². The van der Waals surface area contributed by atoms with Gasteiger partial charge in [-0.05, 0) is 30.3 Å². The molecule has 0 aliphatic carbocycles. The van der Waals surface area contributed by atoms with Crippen LogP contribution in [0, 0.1) is 0 Å². The van der Waals surface area contributed by atoms with Crippen LogP contribution in [0.4, 0.5) is 5.69 Å². The molecule has 0 radical (unpaired) electrons. The molecule has 1 N–H and O–H groups in total. The van der Waals surface area contributed by atoms with Gasteiger partial charge in [0.15, 0.2) is 0 Å². The Morgan fingerprint density at radius 3 is 2.48 bits per heavy atom. The fraction of sp³-hybridized carbons (Fsp3) is 0.0455. The maximum Gasteiger partial charge on any atom is 0.329 e. The molecule has 29 heavy (non-hydrogen) atoms. The summed E-state index contributed by atoms with van der Waals surface area (Å²) < 4.78 is 14.8. The summed E-state index contributed by atoms with van der Waals surface area (Å²) in [5, 5.41) is 3.32. The molecule has 0 saturated heterocycles. The van der Waals surface area contributed by atoms with E-state index < -0.39 is 11.2 Å². The summed E-state index contributed by atoms with van der Waals surface area (Å²) in [7, 11) is 0. The van der Waals surface area contributed by atoms with Crippen LogP contribution >= 0.6 is 0 Å². The smallest absolute Gasteiger partial charge is 0.329 e. The number of para-hydroxylation sites is 1. The average Bonchev–Trinajstić information content (AvgIpc) is 3.26. The number of carbonyl (C=O) groups excluding carboxylic acids is 1. The molecule has 0 aliphatic rings. The molecule has 0 aliphatic heterocycles. The predicted octanol–water partition coefficient (Wildman–Crippen LogP) is 3.83. The van der Waals surface area contributed by atoms with E-state index in [1.165, 1.54) is 0 Å². The summed E-state index contributed by atoms with van der Waals surface area (Å²) in [6.45, 7) is 0. The van der Waals surface area contributed by atoms with Gasteiger partial charge in [0.25, 0.3) is 5.91 Å². The minimum atomic E-state index is -1.42. The molecule has 0 spiro atoms. The summed E-state index contributed by atoms with van der Waals surface area (Å²) in [6, 6.07) is 21.9. The molecule has 6 nitrogen and oxygen atoms in total. The topological polar surface area (TPSA) is 82.9 Å². The molecular formula is C22H18N4O2S. The number of carbonyl (C=O) groups is 1. The van der Waals surface area contributed by atoms with Gasteiger partial charge in [-0.3, -0.25) is 4.79 Å². The van der Waals surface area contributed by atoms with E-state index in [9.17, 15) is 9.35 Å². The quantitative estimate of drug-likeness (QED) is 0.497. The predicted molar refractivity (Wildman–Crippen MR) is 112 cm³/mol. The van der Waals surface area contributed by atoms with E-state index >= 15 is 0 Å². The number of hydrogen-bond donors (Lipinski definition) is 1. The van der Waals surface area contributed by atoms with Crippen molar-refractivity contribution < 1.29 is 9.35 Å². The van der Waals surface area contributed by atoms with Crippen molar-refractivity contribution in [1.29, 1.82) is 0 Å². The molecule has 4 rings (SSSR count). The molecule has 2 aromatic heterocycles. The van der Waals surface area contributed by atoms with Crippen LogP contribution in [0.3, 0.4) is 0 Å². The molecular weight excluding hydrogens is 384 g/mol. The molecule has 7 heteroatoms. The SMILES string of the molecule is O=C(Nc1ccccc1C[S+]([O-])c1nccn1-c1ccccn1)c1ccccc1. The van der Waals surface area contributed by atoms with Gasteiger partial charge in [-0.2, -0.15) is 4.98 Å². The monoisotopic (exact) mass is 402 g/mol. The second-order valence-electron chi connectivity index (χ2n) is 6.23. The molecule has 2 heterocycles. The maximum atomic E-state index is 13.1. The zero-order chi connectivity index (χ0) is 20.1. The number of nitrogens with zero attached hydrogens (tertiary/aromatic N) is 3. The average molecular weight is 402 g/mol. The minimum Gasteiger partial charge on any atom is -0.609 e. The molecule has 0 saturated carbocycles. The van der Waals surface area contributed by atoms with Crippen molar-refractivity contribution in [3.63, 3.8) is 0 Å². The third kappa shape index (κ3) is 4.37. The van der Waals surface area contributed by atoms with Gasteiger partial charge in [-0.1, -0.05) is 42.5 Å². The van der Waals surface area contributed by atoms with Crippen molar-refractivity contribution in [2.45, 2.75) is 10.9 Å². The molecule has 0 bridgehead atoms. The normalized spacial score (nSPS) is 11.8. The van der Waals surface area contributed by atoms with Crippen molar-refractivity contribution in [2.75, 3.05) is 5.32 Å². The Kier molecular flexibility index (Phi) is 5.69. The highest BCUT2D eigenvalue weighted by Gasteiger charge is 2.22. The van der Waals surface area contributed by atoms with Gasteiger partial charge < -0.3 is 9.87 Å². The Labute approximate surface area is 171 Å².